The molecule has 0 spiro atoms. The maximum atomic E-state index is 13.8. The van der Waals surface area contributed by atoms with Crippen molar-refractivity contribution in [1.29, 1.82) is 0 Å². The molecule has 1 saturated carbocycles. The maximum Gasteiger partial charge on any atom is 0.273 e. The number of nitrogens with one attached hydrogen (secondary N) is 1. The van der Waals surface area contributed by atoms with E-state index >= 15 is 0 Å². The summed E-state index contributed by atoms with van der Waals surface area (Å²) in [5.74, 6) is -0.277. The largest absolute Gasteiger partial charge is 0.495 e. The van der Waals surface area contributed by atoms with Crippen LogP contribution in [0.15, 0.2) is 41.3 Å². The molecule has 1 N–H and O–H groups in total. The van der Waals surface area contributed by atoms with E-state index in [4.69, 9.17) is 16.3 Å². The van der Waals surface area contributed by atoms with Crippen LogP contribution in [0.5, 0.6) is 5.75 Å². The lowest BCUT2D eigenvalue weighted by molar-refractivity contribution is -0.385. The van der Waals surface area contributed by atoms with Gasteiger partial charge in [-0.25, -0.2) is 8.42 Å². The second-order valence-corrected chi connectivity index (χ2v) is 10.9. The summed E-state index contributed by atoms with van der Waals surface area (Å²) in [4.78, 5) is 23.6. The Labute approximate surface area is 210 Å². The van der Waals surface area contributed by atoms with Gasteiger partial charge in [-0.2, -0.15) is 0 Å². The van der Waals surface area contributed by atoms with Gasteiger partial charge in [-0.3, -0.25) is 19.2 Å². The molecule has 11 heteroatoms. The highest BCUT2D eigenvalue weighted by atomic mass is 35.5. The molecule has 0 aliphatic heterocycles. The normalized spacial score (nSPS) is 15.1. The third kappa shape index (κ3) is 6.64. The number of sulfonamides is 1. The molecule has 9 nitrogen and oxygen atoms in total. The Hall–Kier alpha value is -2.85. The van der Waals surface area contributed by atoms with E-state index in [0.717, 1.165) is 48.9 Å². The quantitative estimate of drug-likeness (QED) is 0.384. The molecule has 3 rings (SSSR count). The number of nitro groups is 1. The molecule has 0 bridgehead atoms. The molecule has 0 aromatic heterocycles. The standard InChI is InChI=1S/C24H30ClN3O6S/c1-17-10-12-20(15-21(17)28(30)31)35(32,33)27(22-14-18(25)11-13-23(22)34-2)16-24(29)26-19-8-6-4-3-5-7-9-19/h10-15,19H,3-9,16H2,1-2H3,(H,26,29). The van der Waals surface area contributed by atoms with Crippen molar-refractivity contribution < 1.29 is 22.9 Å². The van der Waals surface area contributed by atoms with E-state index in [1.54, 1.807) is 6.07 Å². The number of hydrogen-bond acceptors (Lipinski definition) is 6. The molecule has 0 heterocycles. The molecular formula is C24H30ClN3O6S. The van der Waals surface area contributed by atoms with Crippen molar-refractivity contribution in [2.24, 2.45) is 0 Å². The number of hydrogen-bond donors (Lipinski definition) is 1. The molecule has 0 radical (unpaired) electrons. The van der Waals surface area contributed by atoms with Crippen LogP contribution in [0.4, 0.5) is 11.4 Å². The molecular weight excluding hydrogens is 494 g/mol. The first-order chi connectivity index (χ1) is 16.6. The van der Waals surface area contributed by atoms with Gasteiger partial charge in [0.1, 0.15) is 12.3 Å². The zero-order chi connectivity index (χ0) is 25.6. The second kappa shape index (κ2) is 11.7. The van der Waals surface area contributed by atoms with Crippen molar-refractivity contribution in [2.75, 3.05) is 18.0 Å². The fourth-order valence-electron chi connectivity index (χ4n) is 4.24. The number of carbonyl (C=O) groups is 1. The summed E-state index contributed by atoms with van der Waals surface area (Å²) in [5, 5.41) is 14.7. The molecule has 1 aliphatic carbocycles. The molecule has 0 unspecified atom stereocenters. The lowest BCUT2D eigenvalue weighted by atomic mass is 9.97. The zero-order valence-electron chi connectivity index (χ0n) is 19.8. The molecule has 190 valence electrons. The van der Waals surface area contributed by atoms with E-state index in [9.17, 15) is 23.3 Å². The monoisotopic (exact) mass is 523 g/mol. The fourth-order valence-corrected chi connectivity index (χ4v) is 5.85. The Balaban J connectivity index is 2.00. The predicted octanol–water partition coefficient (Wildman–Crippen LogP) is 4.99. The summed E-state index contributed by atoms with van der Waals surface area (Å²) in [5.41, 5.74) is 0.0574. The van der Waals surface area contributed by atoms with Crippen molar-refractivity contribution in [3.8, 4) is 5.75 Å². The number of methoxy groups -OCH3 is 1. The predicted molar refractivity (Wildman–Crippen MR) is 135 cm³/mol. The van der Waals surface area contributed by atoms with Gasteiger partial charge in [0.25, 0.3) is 15.7 Å². The van der Waals surface area contributed by atoms with Gasteiger partial charge < -0.3 is 10.1 Å². The number of halogens is 1. The minimum absolute atomic E-state index is 0.0333. The highest BCUT2D eigenvalue weighted by molar-refractivity contribution is 7.92. The molecule has 35 heavy (non-hydrogen) atoms. The van der Waals surface area contributed by atoms with Crippen LogP contribution in [-0.4, -0.2) is 38.9 Å². The number of anilines is 1. The van der Waals surface area contributed by atoms with Crippen LogP contribution < -0.4 is 14.4 Å². The number of amides is 1. The van der Waals surface area contributed by atoms with Gasteiger partial charge in [-0.1, -0.05) is 49.8 Å². The van der Waals surface area contributed by atoms with Crippen molar-refractivity contribution >= 4 is 38.9 Å². The average molecular weight is 524 g/mol. The summed E-state index contributed by atoms with van der Waals surface area (Å²) in [6, 6.07) is 8.06. The average Bonchev–Trinajstić information content (AvgIpc) is 2.79. The molecule has 2 aromatic rings. The first-order valence-corrected chi connectivity index (χ1v) is 13.4. The molecule has 0 atom stereocenters. The van der Waals surface area contributed by atoms with Gasteiger partial charge >= 0.3 is 0 Å². The summed E-state index contributed by atoms with van der Waals surface area (Å²) < 4.78 is 33.7. The lowest BCUT2D eigenvalue weighted by Gasteiger charge is -2.27. The number of ether oxygens (including phenoxy) is 1. The number of carbonyl (C=O) groups excluding carboxylic acids is 1. The van der Waals surface area contributed by atoms with E-state index in [-0.39, 0.29) is 33.1 Å². The van der Waals surface area contributed by atoms with Crippen LogP contribution in [-0.2, 0) is 14.8 Å². The van der Waals surface area contributed by atoms with E-state index in [0.29, 0.717) is 5.56 Å². The van der Waals surface area contributed by atoms with Crippen LogP contribution in [0, 0.1) is 17.0 Å². The minimum Gasteiger partial charge on any atom is -0.495 e. The topological polar surface area (TPSA) is 119 Å². The van der Waals surface area contributed by atoms with E-state index in [1.807, 2.05) is 0 Å². The molecule has 1 amide bonds. The van der Waals surface area contributed by atoms with Crippen LogP contribution in [0.2, 0.25) is 5.02 Å². The number of rotatable bonds is 8. The van der Waals surface area contributed by atoms with E-state index in [1.165, 1.54) is 44.7 Å². The van der Waals surface area contributed by atoms with E-state index in [2.05, 4.69) is 5.32 Å². The third-order valence-corrected chi connectivity index (χ3v) is 8.12. The highest BCUT2D eigenvalue weighted by Crippen LogP contribution is 2.35. The molecule has 0 saturated heterocycles. The Morgan fingerprint density at radius 3 is 2.43 bits per heavy atom. The van der Waals surface area contributed by atoms with Gasteiger partial charge in [-0.15, -0.1) is 0 Å². The second-order valence-electron chi connectivity index (χ2n) is 8.64. The highest BCUT2D eigenvalue weighted by Gasteiger charge is 2.32. The van der Waals surface area contributed by atoms with Gasteiger partial charge in [-0.05, 0) is 44.0 Å². The smallest absolute Gasteiger partial charge is 0.273 e. The summed E-state index contributed by atoms with van der Waals surface area (Å²) in [6.45, 7) is 0.992. The number of aryl methyl sites for hydroxylation is 1. The van der Waals surface area contributed by atoms with Crippen LogP contribution >= 0.6 is 11.6 Å². The Morgan fingerprint density at radius 2 is 1.80 bits per heavy atom. The Morgan fingerprint density at radius 1 is 1.14 bits per heavy atom. The van der Waals surface area contributed by atoms with Crippen LogP contribution in [0.1, 0.15) is 50.5 Å². The third-order valence-electron chi connectivity index (χ3n) is 6.13. The zero-order valence-corrected chi connectivity index (χ0v) is 21.4. The van der Waals surface area contributed by atoms with Gasteiger partial charge in [0, 0.05) is 22.7 Å². The molecule has 1 aliphatic rings. The minimum atomic E-state index is -4.40. The SMILES string of the molecule is COc1ccc(Cl)cc1N(CC(=O)NC1CCCCCCC1)S(=O)(=O)c1ccc(C)c([N+](=O)[O-])c1. The summed E-state index contributed by atoms with van der Waals surface area (Å²) in [6.07, 6.45) is 7.08. The van der Waals surface area contributed by atoms with Gasteiger partial charge in [0.2, 0.25) is 5.91 Å². The summed E-state index contributed by atoms with van der Waals surface area (Å²) in [7, 11) is -3.02. The fraction of sp³-hybridized carbons (Fsp3) is 0.458. The van der Waals surface area contributed by atoms with E-state index < -0.39 is 27.4 Å². The number of nitro benzene ring substituents is 1. The number of benzene rings is 2. The van der Waals surface area contributed by atoms with Crippen molar-refractivity contribution in [1.82, 2.24) is 5.32 Å². The van der Waals surface area contributed by atoms with Crippen LogP contribution in [0.3, 0.4) is 0 Å². The first-order valence-electron chi connectivity index (χ1n) is 11.5. The Kier molecular flexibility index (Phi) is 8.96. The maximum absolute atomic E-state index is 13.8. The Bertz CT molecular complexity index is 1180. The van der Waals surface area contributed by atoms with Crippen LogP contribution in [0.25, 0.3) is 0 Å². The van der Waals surface area contributed by atoms with Gasteiger partial charge in [0.15, 0.2) is 0 Å². The van der Waals surface area contributed by atoms with Crippen molar-refractivity contribution in [3.63, 3.8) is 0 Å². The summed E-state index contributed by atoms with van der Waals surface area (Å²) >= 11 is 6.16. The lowest BCUT2D eigenvalue weighted by Crippen LogP contribution is -2.44. The number of nitrogens with zero attached hydrogens (tertiary/aromatic N) is 2. The van der Waals surface area contributed by atoms with Crippen molar-refractivity contribution in [3.05, 3.63) is 57.1 Å². The van der Waals surface area contributed by atoms with Crippen molar-refractivity contribution in [2.45, 2.75) is 62.8 Å². The first kappa shape index (κ1) is 26.7. The van der Waals surface area contributed by atoms with Gasteiger partial charge in [0.05, 0.1) is 22.6 Å². The molecule has 2 aromatic carbocycles. The molecule has 1 fully saturated rings.